The van der Waals surface area contributed by atoms with Crippen molar-refractivity contribution in [2.45, 2.75) is 6.54 Å². The molecule has 2 aromatic carbocycles. The smallest absolute Gasteiger partial charge is 0.407 e. The molecule has 1 aliphatic rings. The monoisotopic (exact) mass is 369 g/mol. The van der Waals surface area contributed by atoms with Crippen molar-refractivity contribution in [3.05, 3.63) is 54.1 Å². The maximum absolute atomic E-state index is 11.0. The van der Waals surface area contributed by atoms with Crippen molar-refractivity contribution in [1.29, 1.82) is 0 Å². The van der Waals surface area contributed by atoms with Crippen LogP contribution >= 0.6 is 11.3 Å². The summed E-state index contributed by atoms with van der Waals surface area (Å²) >= 11 is 1.53. The molecule has 7 heteroatoms. The first-order valence-electron chi connectivity index (χ1n) is 8.50. The Morgan fingerprint density at radius 1 is 1.08 bits per heavy atom. The number of hydrogen-bond acceptors (Lipinski definition) is 5. The minimum absolute atomic E-state index is 0.564. The highest BCUT2D eigenvalue weighted by Gasteiger charge is 2.20. The third-order valence-electron chi connectivity index (χ3n) is 4.45. The maximum atomic E-state index is 11.0. The molecule has 1 aromatic heterocycles. The summed E-state index contributed by atoms with van der Waals surface area (Å²) < 4.78 is 6.98. The van der Waals surface area contributed by atoms with Crippen LogP contribution in [-0.2, 0) is 6.54 Å². The number of carbonyl (C=O) groups is 1. The van der Waals surface area contributed by atoms with Gasteiger partial charge < -0.3 is 14.7 Å². The molecule has 1 fully saturated rings. The number of benzene rings is 2. The normalized spacial score (nSPS) is 15.3. The van der Waals surface area contributed by atoms with Gasteiger partial charge in [0.1, 0.15) is 5.75 Å². The van der Waals surface area contributed by atoms with Gasteiger partial charge in [0.15, 0.2) is 0 Å². The van der Waals surface area contributed by atoms with E-state index in [1.165, 1.54) is 21.8 Å². The highest BCUT2D eigenvalue weighted by Crippen LogP contribution is 2.31. The number of fused-ring (bicyclic) bond motifs is 1. The summed E-state index contributed by atoms with van der Waals surface area (Å²) in [4.78, 5) is 19.2. The molecule has 6 nitrogen and oxygen atoms in total. The summed E-state index contributed by atoms with van der Waals surface area (Å²) in [6.07, 6.45) is -0.832. The molecule has 0 bridgehead atoms. The first-order valence-corrected chi connectivity index (χ1v) is 9.31. The summed E-state index contributed by atoms with van der Waals surface area (Å²) in [7, 11) is 0. The molecule has 0 unspecified atom stereocenters. The van der Waals surface area contributed by atoms with Crippen LogP contribution in [0, 0.1) is 0 Å². The van der Waals surface area contributed by atoms with Crippen molar-refractivity contribution in [2.24, 2.45) is 0 Å². The molecular formula is C19H19N3O3S. The lowest BCUT2D eigenvalue weighted by Crippen LogP contribution is -2.47. The van der Waals surface area contributed by atoms with Crippen LogP contribution in [0.25, 0.3) is 10.2 Å². The number of thiazole rings is 1. The lowest BCUT2D eigenvalue weighted by molar-refractivity contribution is 0.103. The third kappa shape index (κ3) is 3.79. The SMILES string of the molecule is O=C(O)N1CCN(Cc2ccc(Oc3nc4ccccc4s3)cc2)CC1. The van der Waals surface area contributed by atoms with Crippen LogP contribution in [0.3, 0.4) is 0 Å². The van der Waals surface area contributed by atoms with E-state index < -0.39 is 6.09 Å². The molecule has 26 heavy (non-hydrogen) atoms. The average molecular weight is 369 g/mol. The zero-order valence-electron chi connectivity index (χ0n) is 14.2. The Morgan fingerprint density at radius 2 is 1.81 bits per heavy atom. The lowest BCUT2D eigenvalue weighted by atomic mass is 10.2. The van der Waals surface area contributed by atoms with E-state index in [1.54, 1.807) is 0 Å². The number of nitrogens with zero attached hydrogens (tertiary/aromatic N) is 3. The number of ether oxygens (including phenoxy) is 1. The van der Waals surface area contributed by atoms with Crippen LogP contribution in [0.5, 0.6) is 10.9 Å². The second-order valence-electron chi connectivity index (χ2n) is 6.24. The van der Waals surface area contributed by atoms with E-state index in [0.29, 0.717) is 18.3 Å². The van der Waals surface area contributed by atoms with E-state index in [4.69, 9.17) is 9.84 Å². The highest BCUT2D eigenvalue weighted by atomic mass is 32.1. The number of amides is 1. The molecule has 1 saturated heterocycles. The van der Waals surface area contributed by atoms with Crippen LogP contribution in [0.15, 0.2) is 48.5 Å². The second-order valence-corrected chi connectivity index (χ2v) is 7.23. The predicted octanol–water partition coefficient (Wildman–Crippen LogP) is 3.88. The number of hydrogen-bond donors (Lipinski definition) is 1. The Kier molecular flexibility index (Phi) is 4.73. The Balaban J connectivity index is 1.35. The summed E-state index contributed by atoms with van der Waals surface area (Å²) in [6, 6.07) is 16.0. The van der Waals surface area contributed by atoms with Gasteiger partial charge in [0.05, 0.1) is 10.2 Å². The third-order valence-corrected chi connectivity index (χ3v) is 5.37. The minimum Gasteiger partial charge on any atom is -0.465 e. The van der Waals surface area contributed by atoms with E-state index in [9.17, 15) is 4.79 Å². The van der Waals surface area contributed by atoms with Crippen molar-refractivity contribution in [1.82, 2.24) is 14.8 Å². The molecule has 4 rings (SSSR count). The fourth-order valence-electron chi connectivity index (χ4n) is 3.01. The lowest BCUT2D eigenvalue weighted by Gasteiger charge is -2.33. The average Bonchev–Trinajstić information content (AvgIpc) is 3.06. The Bertz CT molecular complexity index is 869. The molecule has 1 amide bonds. The van der Waals surface area contributed by atoms with E-state index in [-0.39, 0.29) is 0 Å². The second kappa shape index (κ2) is 7.31. The molecule has 1 N–H and O–H groups in total. The molecule has 0 atom stereocenters. The van der Waals surface area contributed by atoms with Gasteiger partial charge in [0.25, 0.3) is 5.19 Å². The molecule has 3 aromatic rings. The summed E-state index contributed by atoms with van der Waals surface area (Å²) in [6.45, 7) is 3.46. The van der Waals surface area contributed by atoms with Crippen molar-refractivity contribution in [2.75, 3.05) is 26.2 Å². The number of para-hydroxylation sites is 1. The van der Waals surface area contributed by atoms with Gasteiger partial charge in [0.2, 0.25) is 0 Å². The van der Waals surface area contributed by atoms with Gasteiger partial charge >= 0.3 is 6.09 Å². The van der Waals surface area contributed by atoms with Crippen LogP contribution in [-0.4, -0.2) is 52.2 Å². The molecule has 0 radical (unpaired) electrons. The van der Waals surface area contributed by atoms with E-state index in [2.05, 4.69) is 9.88 Å². The Morgan fingerprint density at radius 3 is 2.50 bits per heavy atom. The maximum Gasteiger partial charge on any atom is 0.407 e. The fraction of sp³-hybridized carbons (Fsp3) is 0.263. The van der Waals surface area contributed by atoms with Gasteiger partial charge in [-0.1, -0.05) is 35.6 Å². The van der Waals surface area contributed by atoms with E-state index in [0.717, 1.165) is 35.6 Å². The molecule has 2 heterocycles. The fourth-order valence-corrected chi connectivity index (χ4v) is 3.85. The quantitative estimate of drug-likeness (QED) is 0.756. The van der Waals surface area contributed by atoms with Crippen LogP contribution in [0.1, 0.15) is 5.56 Å². The molecule has 134 valence electrons. The molecular weight excluding hydrogens is 350 g/mol. The summed E-state index contributed by atoms with van der Waals surface area (Å²) in [5.74, 6) is 0.767. The first kappa shape index (κ1) is 16.8. The Labute approximate surface area is 155 Å². The van der Waals surface area contributed by atoms with Gasteiger partial charge in [0, 0.05) is 32.7 Å². The number of carboxylic acid groups (broad SMARTS) is 1. The van der Waals surface area contributed by atoms with E-state index in [1.807, 2.05) is 48.5 Å². The molecule has 0 aliphatic carbocycles. The minimum atomic E-state index is -0.832. The van der Waals surface area contributed by atoms with Crippen molar-refractivity contribution in [3.63, 3.8) is 0 Å². The van der Waals surface area contributed by atoms with Crippen molar-refractivity contribution in [3.8, 4) is 10.9 Å². The van der Waals surface area contributed by atoms with Crippen molar-refractivity contribution >= 4 is 27.6 Å². The van der Waals surface area contributed by atoms with Gasteiger partial charge in [-0.25, -0.2) is 9.78 Å². The van der Waals surface area contributed by atoms with Gasteiger partial charge in [-0.3, -0.25) is 4.90 Å². The number of aromatic nitrogens is 1. The topological polar surface area (TPSA) is 65.9 Å². The number of piperazine rings is 1. The summed E-state index contributed by atoms with van der Waals surface area (Å²) in [5.41, 5.74) is 2.13. The molecule has 0 spiro atoms. The largest absolute Gasteiger partial charge is 0.465 e. The van der Waals surface area contributed by atoms with E-state index >= 15 is 0 Å². The Hall–Kier alpha value is -2.64. The van der Waals surface area contributed by atoms with Gasteiger partial charge in [-0.05, 0) is 29.8 Å². The zero-order valence-corrected chi connectivity index (χ0v) is 15.0. The zero-order chi connectivity index (χ0) is 17.9. The van der Waals surface area contributed by atoms with Gasteiger partial charge in [-0.2, -0.15) is 0 Å². The summed E-state index contributed by atoms with van der Waals surface area (Å²) in [5, 5.41) is 9.64. The number of rotatable bonds is 4. The first-order chi connectivity index (χ1) is 12.7. The van der Waals surface area contributed by atoms with Gasteiger partial charge in [-0.15, -0.1) is 0 Å². The molecule has 0 saturated carbocycles. The highest BCUT2D eigenvalue weighted by molar-refractivity contribution is 7.20. The standard InChI is InChI=1S/C19H19N3O3S/c23-19(24)22-11-9-21(10-12-22)13-14-5-7-15(8-6-14)25-18-20-16-3-1-2-4-17(16)26-18/h1-8H,9-13H2,(H,23,24). The van der Waals surface area contributed by atoms with Crippen LogP contribution in [0.2, 0.25) is 0 Å². The van der Waals surface area contributed by atoms with Crippen molar-refractivity contribution < 1.29 is 14.6 Å². The van der Waals surface area contributed by atoms with Crippen LogP contribution in [0.4, 0.5) is 4.79 Å². The van der Waals surface area contributed by atoms with Crippen LogP contribution < -0.4 is 4.74 Å². The predicted molar refractivity (Wildman–Crippen MR) is 101 cm³/mol. The molecule has 1 aliphatic heterocycles.